The molecule has 0 saturated carbocycles. The van der Waals surface area contributed by atoms with Crippen molar-refractivity contribution in [1.82, 2.24) is 9.97 Å². The number of fused-ring (bicyclic) bond motifs is 1. The largest absolute Gasteiger partial charge is 0.495 e. The number of hydrogen-bond donors (Lipinski definition) is 2. The third kappa shape index (κ3) is 3.80. The van der Waals surface area contributed by atoms with Crippen LogP contribution in [0.5, 0.6) is 17.2 Å². The fourth-order valence-corrected chi connectivity index (χ4v) is 2.71. The Kier molecular flexibility index (Phi) is 4.92. The molecule has 0 unspecified atom stereocenters. The van der Waals surface area contributed by atoms with Crippen LogP contribution >= 0.6 is 0 Å². The molecule has 4 rings (SSSR count). The van der Waals surface area contributed by atoms with Crippen LogP contribution in [-0.4, -0.2) is 36.2 Å². The summed E-state index contributed by atoms with van der Waals surface area (Å²) in [5.41, 5.74) is 1.54. The van der Waals surface area contributed by atoms with E-state index in [-0.39, 0.29) is 11.6 Å². The Bertz CT molecular complexity index is 992. The first kappa shape index (κ1) is 17.6. The van der Waals surface area contributed by atoms with Crippen molar-refractivity contribution in [2.75, 3.05) is 31.0 Å². The number of hydrogen-bond acceptors (Lipinski definition) is 7. The molecule has 1 aliphatic heterocycles. The van der Waals surface area contributed by atoms with E-state index >= 15 is 0 Å². The molecule has 28 heavy (non-hydrogen) atoms. The van der Waals surface area contributed by atoms with Crippen LogP contribution in [0.1, 0.15) is 10.5 Å². The highest BCUT2D eigenvalue weighted by atomic mass is 16.6. The molecule has 1 aromatic heterocycles. The van der Waals surface area contributed by atoms with Crippen LogP contribution in [0.2, 0.25) is 0 Å². The van der Waals surface area contributed by atoms with Gasteiger partial charge in [-0.2, -0.15) is 0 Å². The summed E-state index contributed by atoms with van der Waals surface area (Å²) in [7, 11) is 1.54. The maximum atomic E-state index is 12.4. The van der Waals surface area contributed by atoms with E-state index in [1.165, 1.54) is 12.4 Å². The average Bonchev–Trinajstić information content (AvgIpc) is 2.74. The summed E-state index contributed by atoms with van der Waals surface area (Å²) in [5.74, 6) is 2.09. The van der Waals surface area contributed by atoms with Crippen LogP contribution < -0.4 is 24.8 Å². The smallest absolute Gasteiger partial charge is 0.275 e. The summed E-state index contributed by atoms with van der Waals surface area (Å²) >= 11 is 0. The molecule has 3 aromatic rings. The van der Waals surface area contributed by atoms with Crippen molar-refractivity contribution in [3.63, 3.8) is 0 Å². The van der Waals surface area contributed by atoms with E-state index in [9.17, 15) is 4.79 Å². The van der Waals surface area contributed by atoms with Crippen LogP contribution in [-0.2, 0) is 0 Å². The minimum Gasteiger partial charge on any atom is -0.495 e. The van der Waals surface area contributed by atoms with Gasteiger partial charge in [-0.1, -0.05) is 12.1 Å². The Labute approximate surface area is 161 Å². The number of carbonyl (C=O) groups is 1. The number of amides is 1. The number of nitrogens with one attached hydrogen (secondary N) is 2. The number of ether oxygens (including phenoxy) is 3. The molecular formula is C20H18N4O4. The lowest BCUT2D eigenvalue weighted by atomic mass is 10.2. The Hall–Kier alpha value is -3.81. The molecule has 1 aliphatic rings. The number of benzene rings is 2. The molecule has 142 valence electrons. The Balaban J connectivity index is 1.44. The third-order valence-corrected chi connectivity index (χ3v) is 4.05. The van der Waals surface area contributed by atoms with Gasteiger partial charge in [0.1, 0.15) is 30.5 Å². The van der Waals surface area contributed by atoms with E-state index in [0.717, 1.165) is 5.69 Å². The fraction of sp³-hybridized carbons (Fsp3) is 0.150. The van der Waals surface area contributed by atoms with Crippen molar-refractivity contribution in [1.29, 1.82) is 0 Å². The summed E-state index contributed by atoms with van der Waals surface area (Å²) in [6, 6.07) is 12.7. The molecular weight excluding hydrogens is 360 g/mol. The van der Waals surface area contributed by atoms with Gasteiger partial charge in [0.05, 0.1) is 25.2 Å². The first-order valence-electron chi connectivity index (χ1n) is 8.66. The van der Waals surface area contributed by atoms with Gasteiger partial charge in [-0.05, 0) is 24.3 Å². The van der Waals surface area contributed by atoms with Crippen molar-refractivity contribution in [3.8, 4) is 17.2 Å². The van der Waals surface area contributed by atoms with E-state index in [1.54, 1.807) is 19.2 Å². The zero-order valence-electron chi connectivity index (χ0n) is 15.1. The maximum absolute atomic E-state index is 12.4. The van der Waals surface area contributed by atoms with Crippen molar-refractivity contribution < 1.29 is 19.0 Å². The SMILES string of the molecule is COc1ccccc1NC(=O)c1cnc(Nc2ccc3c(c2)OCCO3)cn1. The van der Waals surface area contributed by atoms with Crippen LogP contribution in [0.15, 0.2) is 54.9 Å². The molecule has 2 N–H and O–H groups in total. The van der Waals surface area contributed by atoms with Gasteiger partial charge < -0.3 is 24.8 Å². The number of rotatable bonds is 5. The monoisotopic (exact) mass is 378 g/mol. The van der Waals surface area contributed by atoms with Crippen LogP contribution in [0, 0.1) is 0 Å². The minimum absolute atomic E-state index is 0.193. The number of carbonyl (C=O) groups excluding carboxylic acids is 1. The van der Waals surface area contributed by atoms with Gasteiger partial charge in [-0.3, -0.25) is 4.79 Å². The lowest BCUT2D eigenvalue weighted by Crippen LogP contribution is -2.15. The molecule has 2 aromatic carbocycles. The molecule has 0 saturated heterocycles. The first-order valence-corrected chi connectivity index (χ1v) is 8.66. The number of para-hydroxylation sites is 2. The molecule has 2 heterocycles. The predicted molar refractivity (Wildman–Crippen MR) is 104 cm³/mol. The summed E-state index contributed by atoms with van der Waals surface area (Å²) < 4.78 is 16.3. The molecule has 8 nitrogen and oxygen atoms in total. The van der Waals surface area contributed by atoms with Gasteiger partial charge in [0.25, 0.3) is 5.91 Å². The number of methoxy groups -OCH3 is 1. The highest BCUT2D eigenvalue weighted by Crippen LogP contribution is 2.33. The van der Waals surface area contributed by atoms with Gasteiger partial charge in [0, 0.05) is 11.8 Å². The molecule has 0 bridgehead atoms. The number of anilines is 3. The highest BCUT2D eigenvalue weighted by molar-refractivity contribution is 6.03. The normalized spacial score (nSPS) is 12.2. The van der Waals surface area contributed by atoms with Gasteiger partial charge in [-0.15, -0.1) is 0 Å². The van der Waals surface area contributed by atoms with Crippen LogP contribution in [0.25, 0.3) is 0 Å². The van der Waals surface area contributed by atoms with E-state index in [2.05, 4.69) is 20.6 Å². The van der Waals surface area contributed by atoms with Crippen LogP contribution in [0.3, 0.4) is 0 Å². The fourth-order valence-electron chi connectivity index (χ4n) is 2.71. The van der Waals surface area contributed by atoms with Crippen molar-refractivity contribution in [3.05, 3.63) is 60.6 Å². The molecule has 1 amide bonds. The molecule has 0 fully saturated rings. The van der Waals surface area contributed by atoms with Gasteiger partial charge in [-0.25, -0.2) is 9.97 Å². The molecule has 0 radical (unpaired) electrons. The highest BCUT2D eigenvalue weighted by Gasteiger charge is 2.13. The van der Waals surface area contributed by atoms with Gasteiger partial charge in [0.15, 0.2) is 11.5 Å². The quantitative estimate of drug-likeness (QED) is 0.704. The van der Waals surface area contributed by atoms with Crippen molar-refractivity contribution in [2.45, 2.75) is 0 Å². The van der Waals surface area contributed by atoms with Gasteiger partial charge >= 0.3 is 0 Å². The Morgan fingerprint density at radius 3 is 2.64 bits per heavy atom. The molecule has 0 aliphatic carbocycles. The summed E-state index contributed by atoms with van der Waals surface area (Å²) in [4.78, 5) is 20.8. The zero-order chi connectivity index (χ0) is 19.3. The predicted octanol–water partition coefficient (Wildman–Crippen LogP) is 3.25. The second-order valence-electron chi connectivity index (χ2n) is 5.92. The maximum Gasteiger partial charge on any atom is 0.275 e. The van der Waals surface area contributed by atoms with E-state index in [4.69, 9.17) is 14.2 Å². The molecule has 8 heteroatoms. The second-order valence-corrected chi connectivity index (χ2v) is 5.92. The van der Waals surface area contributed by atoms with E-state index < -0.39 is 0 Å². The number of aromatic nitrogens is 2. The summed E-state index contributed by atoms with van der Waals surface area (Å²) in [5, 5.41) is 5.89. The Morgan fingerprint density at radius 2 is 1.86 bits per heavy atom. The van der Waals surface area contributed by atoms with Crippen molar-refractivity contribution in [2.24, 2.45) is 0 Å². The lowest BCUT2D eigenvalue weighted by Gasteiger charge is -2.19. The summed E-state index contributed by atoms with van der Waals surface area (Å²) in [6.45, 7) is 1.07. The third-order valence-electron chi connectivity index (χ3n) is 4.05. The standard InChI is InChI=1S/C20H18N4O4/c1-26-16-5-3-2-4-14(16)24-20(25)15-11-22-19(12-21-15)23-13-6-7-17-18(10-13)28-9-8-27-17/h2-7,10-12H,8-9H2,1H3,(H,22,23)(H,24,25). The first-order chi connectivity index (χ1) is 13.7. The summed E-state index contributed by atoms with van der Waals surface area (Å²) in [6.07, 6.45) is 2.90. The zero-order valence-corrected chi connectivity index (χ0v) is 15.1. The molecule has 0 atom stereocenters. The van der Waals surface area contributed by atoms with Gasteiger partial charge in [0.2, 0.25) is 0 Å². The minimum atomic E-state index is -0.372. The lowest BCUT2D eigenvalue weighted by molar-refractivity contribution is 0.102. The van der Waals surface area contributed by atoms with E-state index in [0.29, 0.717) is 42.0 Å². The topological polar surface area (TPSA) is 94.6 Å². The van der Waals surface area contributed by atoms with Crippen LogP contribution in [0.4, 0.5) is 17.2 Å². The number of nitrogens with zero attached hydrogens (tertiary/aromatic N) is 2. The van der Waals surface area contributed by atoms with E-state index in [1.807, 2.05) is 30.3 Å². The molecule has 0 spiro atoms. The Morgan fingerprint density at radius 1 is 1.04 bits per heavy atom. The average molecular weight is 378 g/mol. The second kappa shape index (κ2) is 7.83. The van der Waals surface area contributed by atoms with Crippen molar-refractivity contribution >= 4 is 23.1 Å².